The maximum absolute atomic E-state index is 13.1. The lowest BCUT2D eigenvalue weighted by atomic mass is 9.96. The molecule has 2 aromatic rings. The molecule has 31 heavy (non-hydrogen) atoms. The largest absolute Gasteiger partial charge is 0.352 e. The van der Waals surface area contributed by atoms with E-state index in [0.717, 1.165) is 44.6 Å². The summed E-state index contributed by atoms with van der Waals surface area (Å²) in [6.07, 6.45) is 5.90. The van der Waals surface area contributed by atoms with Crippen LogP contribution in [0.5, 0.6) is 0 Å². The second-order valence-corrected chi connectivity index (χ2v) is 9.08. The van der Waals surface area contributed by atoms with E-state index in [1.165, 1.54) is 55.6 Å². The number of amides is 1. The summed E-state index contributed by atoms with van der Waals surface area (Å²) < 4.78 is 13.1. The Balaban J connectivity index is 1.26. The molecule has 0 radical (unpaired) electrons. The third-order valence-electron chi connectivity index (χ3n) is 6.51. The molecule has 0 bridgehead atoms. The van der Waals surface area contributed by atoms with Crippen LogP contribution in [0.25, 0.3) is 0 Å². The molecule has 2 aromatic carbocycles. The Morgan fingerprint density at radius 3 is 2.39 bits per heavy atom. The van der Waals surface area contributed by atoms with Crippen LogP contribution in [-0.4, -0.2) is 41.9 Å². The van der Waals surface area contributed by atoms with Crippen LogP contribution in [0.4, 0.5) is 4.39 Å². The average molecular weight is 424 g/mol. The van der Waals surface area contributed by atoms with E-state index in [9.17, 15) is 9.18 Å². The molecule has 0 aliphatic carbocycles. The summed E-state index contributed by atoms with van der Waals surface area (Å²) in [6.45, 7) is 6.48. The number of piperidine rings is 2. The Hall–Kier alpha value is -2.24. The average Bonchev–Trinajstić information content (AvgIpc) is 2.80. The number of hydrogen-bond acceptors (Lipinski definition) is 3. The molecule has 2 saturated heterocycles. The molecule has 1 amide bonds. The molecule has 166 valence electrons. The van der Waals surface area contributed by atoms with Gasteiger partial charge in [-0.25, -0.2) is 4.39 Å². The molecule has 1 atom stereocenters. The monoisotopic (exact) mass is 423 g/mol. The van der Waals surface area contributed by atoms with Crippen LogP contribution in [0.1, 0.15) is 48.8 Å². The summed E-state index contributed by atoms with van der Waals surface area (Å²) in [5.74, 6) is -0.0457. The van der Waals surface area contributed by atoms with Crippen LogP contribution in [0.15, 0.2) is 48.5 Å². The lowest BCUT2D eigenvalue weighted by Gasteiger charge is -2.32. The van der Waals surface area contributed by atoms with E-state index >= 15 is 0 Å². The van der Waals surface area contributed by atoms with Crippen LogP contribution in [0, 0.1) is 11.7 Å². The molecular weight excluding hydrogens is 389 g/mol. The topological polar surface area (TPSA) is 35.6 Å². The van der Waals surface area contributed by atoms with Crippen molar-refractivity contribution in [3.63, 3.8) is 0 Å². The first kappa shape index (κ1) is 22.0. The minimum atomic E-state index is -0.209. The number of carbonyl (C=O) groups is 1. The number of benzene rings is 2. The van der Waals surface area contributed by atoms with Gasteiger partial charge in [-0.05, 0) is 74.1 Å². The van der Waals surface area contributed by atoms with Gasteiger partial charge in [-0.15, -0.1) is 0 Å². The molecule has 4 nitrogen and oxygen atoms in total. The van der Waals surface area contributed by atoms with Gasteiger partial charge in [-0.1, -0.05) is 42.8 Å². The number of nitrogens with one attached hydrogen (secondary N) is 1. The van der Waals surface area contributed by atoms with Crippen molar-refractivity contribution in [3.05, 3.63) is 71.0 Å². The normalized spacial score (nSPS) is 20.5. The number of likely N-dealkylation sites (tertiary alicyclic amines) is 2. The van der Waals surface area contributed by atoms with Crippen LogP contribution in [0.2, 0.25) is 0 Å². The van der Waals surface area contributed by atoms with Gasteiger partial charge in [-0.2, -0.15) is 0 Å². The number of halogens is 1. The second-order valence-electron chi connectivity index (χ2n) is 9.08. The zero-order valence-electron chi connectivity index (χ0n) is 18.4. The van der Waals surface area contributed by atoms with Gasteiger partial charge < -0.3 is 5.32 Å². The fraction of sp³-hybridized carbons (Fsp3) is 0.500. The molecule has 2 fully saturated rings. The number of carbonyl (C=O) groups excluding carboxylic acids is 1. The van der Waals surface area contributed by atoms with Crippen LogP contribution in [-0.2, 0) is 24.4 Å². The summed E-state index contributed by atoms with van der Waals surface area (Å²) >= 11 is 0. The SMILES string of the molecule is O=C(NCc1cccc(CN2CCCCC2)c1)[C@@H]1CCCN(Cc2ccc(F)cc2)C1. The predicted octanol–water partition coefficient (Wildman–Crippen LogP) is 4.34. The third-order valence-corrected chi connectivity index (χ3v) is 6.51. The van der Waals surface area contributed by atoms with Crippen LogP contribution in [0.3, 0.4) is 0 Å². The van der Waals surface area contributed by atoms with Crippen molar-refractivity contribution in [2.24, 2.45) is 5.92 Å². The smallest absolute Gasteiger partial charge is 0.224 e. The molecular formula is C26H34FN3O. The summed E-state index contributed by atoms with van der Waals surface area (Å²) in [6, 6.07) is 15.3. The molecule has 2 aliphatic rings. The molecule has 2 aliphatic heterocycles. The standard InChI is InChI=1S/C26H34FN3O/c27-25-11-9-21(10-12-25)18-30-15-5-8-24(20-30)26(31)28-17-22-6-4-7-23(16-22)19-29-13-2-1-3-14-29/h4,6-7,9-12,16,24H,1-3,5,8,13-15,17-20H2,(H,28,31)/t24-/m1/s1. The van der Waals surface area contributed by atoms with Gasteiger partial charge >= 0.3 is 0 Å². The lowest BCUT2D eigenvalue weighted by Crippen LogP contribution is -2.42. The van der Waals surface area contributed by atoms with Gasteiger partial charge in [0.15, 0.2) is 0 Å². The first-order chi connectivity index (χ1) is 15.2. The fourth-order valence-electron chi connectivity index (χ4n) is 4.81. The first-order valence-electron chi connectivity index (χ1n) is 11.7. The molecule has 4 rings (SSSR count). The van der Waals surface area contributed by atoms with E-state index in [0.29, 0.717) is 6.54 Å². The van der Waals surface area contributed by atoms with E-state index < -0.39 is 0 Å². The molecule has 5 heteroatoms. The highest BCUT2D eigenvalue weighted by molar-refractivity contribution is 5.79. The van der Waals surface area contributed by atoms with E-state index in [-0.39, 0.29) is 17.6 Å². The van der Waals surface area contributed by atoms with Gasteiger partial charge in [0.25, 0.3) is 0 Å². The van der Waals surface area contributed by atoms with Crippen LogP contribution >= 0.6 is 0 Å². The van der Waals surface area contributed by atoms with Gasteiger partial charge in [0.05, 0.1) is 5.92 Å². The molecule has 0 spiro atoms. The highest BCUT2D eigenvalue weighted by atomic mass is 19.1. The van der Waals surface area contributed by atoms with Gasteiger partial charge in [0, 0.05) is 26.2 Å². The van der Waals surface area contributed by atoms with Gasteiger partial charge in [0.1, 0.15) is 5.82 Å². The zero-order chi connectivity index (χ0) is 21.5. The predicted molar refractivity (Wildman–Crippen MR) is 122 cm³/mol. The Morgan fingerprint density at radius 1 is 0.871 bits per heavy atom. The van der Waals surface area contributed by atoms with Crippen molar-refractivity contribution < 1.29 is 9.18 Å². The van der Waals surface area contributed by atoms with Gasteiger partial charge in [0.2, 0.25) is 5.91 Å². The first-order valence-corrected chi connectivity index (χ1v) is 11.7. The minimum absolute atomic E-state index is 0.0192. The van der Waals surface area contributed by atoms with Gasteiger partial charge in [-0.3, -0.25) is 14.6 Å². The maximum atomic E-state index is 13.1. The highest BCUT2D eigenvalue weighted by Crippen LogP contribution is 2.20. The molecule has 0 aromatic heterocycles. The summed E-state index contributed by atoms with van der Waals surface area (Å²) in [5, 5.41) is 3.16. The zero-order valence-corrected chi connectivity index (χ0v) is 18.4. The number of hydrogen-bond donors (Lipinski definition) is 1. The molecule has 0 saturated carbocycles. The molecule has 2 heterocycles. The maximum Gasteiger partial charge on any atom is 0.224 e. The Labute approximate surface area is 185 Å². The van der Waals surface area contributed by atoms with E-state index in [2.05, 4.69) is 39.4 Å². The van der Waals surface area contributed by atoms with Crippen molar-refractivity contribution in [1.29, 1.82) is 0 Å². The third kappa shape index (κ3) is 6.62. The molecule has 0 unspecified atom stereocenters. The summed E-state index contributed by atoms with van der Waals surface area (Å²) in [5.41, 5.74) is 3.59. The van der Waals surface area contributed by atoms with Crippen molar-refractivity contribution in [2.75, 3.05) is 26.2 Å². The quantitative estimate of drug-likeness (QED) is 0.720. The minimum Gasteiger partial charge on any atom is -0.352 e. The Morgan fingerprint density at radius 2 is 1.58 bits per heavy atom. The second kappa shape index (κ2) is 10.9. The van der Waals surface area contributed by atoms with Crippen molar-refractivity contribution in [3.8, 4) is 0 Å². The Kier molecular flexibility index (Phi) is 7.71. The fourth-order valence-corrected chi connectivity index (χ4v) is 4.81. The van der Waals surface area contributed by atoms with E-state index in [1.807, 2.05) is 12.1 Å². The number of rotatable bonds is 7. The lowest BCUT2D eigenvalue weighted by molar-refractivity contribution is -0.126. The van der Waals surface area contributed by atoms with Crippen molar-refractivity contribution in [1.82, 2.24) is 15.1 Å². The van der Waals surface area contributed by atoms with E-state index in [4.69, 9.17) is 0 Å². The number of nitrogens with zero attached hydrogens (tertiary/aromatic N) is 2. The molecule has 1 N–H and O–H groups in total. The van der Waals surface area contributed by atoms with Crippen molar-refractivity contribution >= 4 is 5.91 Å². The Bertz CT molecular complexity index is 848. The van der Waals surface area contributed by atoms with E-state index in [1.54, 1.807) is 0 Å². The summed E-state index contributed by atoms with van der Waals surface area (Å²) in [7, 11) is 0. The van der Waals surface area contributed by atoms with Crippen LogP contribution < -0.4 is 5.32 Å². The van der Waals surface area contributed by atoms with Crippen molar-refractivity contribution in [2.45, 2.75) is 51.7 Å². The summed E-state index contributed by atoms with van der Waals surface area (Å²) in [4.78, 5) is 17.7. The highest BCUT2D eigenvalue weighted by Gasteiger charge is 2.25.